The molecule has 10 heteroatoms. The quantitative estimate of drug-likeness (QED) is 0.246. The summed E-state index contributed by atoms with van der Waals surface area (Å²) in [7, 11) is 0. The number of imide groups is 1. The minimum atomic E-state index is -0.646. The number of benzene rings is 3. The van der Waals surface area contributed by atoms with Crippen molar-refractivity contribution < 1.29 is 23.5 Å². The van der Waals surface area contributed by atoms with E-state index >= 15 is 0 Å². The summed E-state index contributed by atoms with van der Waals surface area (Å²) in [4.78, 5) is 26.2. The van der Waals surface area contributed by atoms with Gasteiger partial charge in [0.1, 0.15) is 18.1 Å². The Balaban J connectivity index is 1.56. The van der Waals surface area contributed by atoms with E-state index in [0.717, 1.165) is 10.5 Å². The molecule has 3 aromatic carbocycles. The normalized spacial score (nSPS) is 14.4. The highest BCUT2D eigenvalue weighted by Crippen LogP contribution is 2.38. The summed E-state index contributed by atoms with van der Waals surface area (Å²) >= 11 is 18.5. The molecule has 0 unspecified atom stereocenters. The zero-order chi connectivity index (χ0) is 25.8. The van der Waals surface area contributed by atoms with Crippen molar-refractivity contribution in [3.63, 3.8) is 0 Å². The lowest BCUT2D eigenvalue weighted by molar-refractivity contribution is -0.123. The first kappa shape index (κ1) is 25.8. The fourth-order valence-electron chi connectivity index (χ4n) is 3.54. The van der Waals surface area contributed by atoms with Crippen LogP contribution in [0.2, 0.25) is 15.1 Å². The fourth-order valence-corrected chi connectivity index (χ4v) is 4.13. The summed E-state index contributed by atoms with van der Waals surface area (Å²) in [6, 6.07) is 13.7. The SMILES string of the molecule is CCOc1cc(/C=C2/NC(=O)N(Cc3ccccc3F)C2=O)cc(Cl)c1OCc1ccc(Cl)c(Cl)c1. The van der Waals surface area contributed by atoms with Crippen LogP contribution in [0, 0.1) is 5.82 Å². The number of nitrogens with one attached hydrogen (secondary N) is 1. The number of hydrogen-bond acceptors (Lipinski definition) is 4. The van der Waals surface area contributed by atoms with Gasteiger partial charge in [0.05, 0.1) is 28.2 Å². The molecule has 1 fully saturated rings. The van der Waals surface area contributed by atoms with E-state index in [1.165, 1.54) is 24.3 Å². The van der Waals surface area contributed by atoms with Crippen molar-refractivity contribution in [1.82, 2.24) is 10.2 Å². The van der Waals surface area contributed by atoms with Crippen molar-refractivity contribution in [2.45, 2.75) is 20.1 Å². The highest BCUT2D eigenvalue weighted by molar-refractivity contribution is 6.42. The Kier molecular flexibility index (Phi) is 8.04. The fraction of sp³-hybridized carbons (Fsp3) is 0.154. The summed E-state index contributed by atoms with van der Waals surface area (Å²) in [5.74, 6) is -0.413. The maximum atomic E-state index is 14.0. The summed E-state index contributed by atoms with van der Waals surface area (Å²) in [6.45, 7) is 2.12. The molecule has 1 aliphatic heterocycles. The van der Waals surface area contributed by atoms with Crippen molar-refractivity contribution in [2.24, 2.45) is 0 Å². The summed E-state index contributed by atoms with van der Waals surface area (Å²) in [6.07, 6.45) is 1.47. The molecular formula is C26H20Cl3FN2O4. The third-order valence-corrected chi connectivity index (χ3v) is 6.28. The molecule has 186 valence electrons. The monoisotopic (exact) mass is 548 g/mol. The van der Waals surface area contributed by atoms with Gasteiger partial charge in [-0.15, -0.1) is 0 Å². The van der Waals surface area contributed by atoms with E-state index in [0.29, 0.717) is 33.7 Å². The number of urea groups is 1. The van der Waals surface area contributed by atoms with E-state index in [-0.39, 0.29) is 29.4 Å². The van der Waals surface area contributed by atoms with Gasteiger partial charge in [-0.1, -0.05) is 59.1 Å². The van der Waals surface area contributed by atoms with Crippen LogP contribution in [0.25, 0.3) is 6.08 Å². The Labute approximate surface area is 222 Å². The lowest BCUT2D eigenvalue weighted by atomic mass is 10.1. The smallest absolute Gasteiger partial charge is 0.329 e. The highest BCUT2D eigenvalue weighted by Gasteiger charge is 2.34. The molecule has 0 aromatic heterocycles. The second-order valence-electron chi connectivity index (χ2n) is 7.77. The van der Waals surface area contributed by atoms with Crippen LogP contribution in [-0.4, -0.2) is 23.4 Å². The average Bonchev–Trinajstić information content (AvgIpc) is 3.09. The third kappa shape index (κ3) is 5.75. The van der Waals surface area contributed by atoms with Gasteiger partial charge in [-0.3, -0.25) is 9.69 Å². The van der Waals surface area contributed by atoms with Gasteiger partial charge >= 0.3 is 6.03 Å². The van der Waals surface area contributed by atoms with Gasteiger partial charge in [0.25, 0.3) is 5.91 Å². The van der Waals surface area contributed by atoms with E-state index < -0.39 is 17.8 Å². The highest BCUT2D eigenvalue weighted by atomic mass is 35.5. The van der Waals surface area contributed by atoms with Gasteiger partial charge in [-0.25, -0.2) is 9.18 Å². The third-order valence-electron chi connectivity index (χ3n) is 5.26. The van der Waals surface area contributed by atoms with E-state index in [9.17, 15) is 14.0 Å². The summed E-state index contributed by atoms with van der Waals surface area (Å²) in [5.41, 5.74) is 1.54. The number of rotatable bonds is 8. The topological polar surface area (TPSA) is 67.9 Å². The molecule has 6 nitrogen and oxygen atoms in total. The second kappa shape index (κ2) is 11.2. The molecule has 3 amide bonds. The maximum absolute atomic E-state index is 14.0. The van der Waals surface area contributed by atoms with Crippen LogP contribution < -0.4 is 14.8 Å². The Hall–Kier alpha value is -3.26. The van der Waals surface area contributed by atoms with Crippen LogP contribution in [0.5, 0.6) is 11.5 Å². The Morgan fingerprint density at radius 3 is 2.47 bits per heavy atom. The van der Waals surface area contributed by atoms with Crippen LogP contribution >= 0.6 is 34.8 Å². The molecule has 1 aliphatic rings. The number of hydrogen-bond donors (Lipinski definition) is 1. The van der Waals surface area contributed by atoms with Gasteiger partial charge in [0.15, 0.2) is 11.5 Å². The molecule has 1 heterocycles. The van der Waals surface area contributed by atoms with Crippen molar-refractivity contribution in [2.75, 3.05) is 6.61 Å². The zero-order valence-electron chi connectivity index (χ0n) is 19.0. The minimum Gasteiger partial charge on any atom is -0.490 e. The van der Waals surface area contributed by atoms with Crippen LogP contribution in [-0.2, 0) is 17.9 Å². The van der Waals surface area contributed by atoms with Gasteiger partial charge < -0.3 is 14.8 Å². The predicted octanol–water partition coefficient (Wildman–Crippen LogP) is 6.86. The summed E-state index contributed by atoms with van der Waals surface area (Å²) < 4.78 is 25.6. The number of carbonyl (C=O) groups is 2. The van der Waals surface area contributed by atoms with E-state index in [1.54, 1.807) is 36.4 Å². The number of amides is 3. The van der Waals surface area contributed by atoms with Crippen LogP contribution in [0.3, 0.4) is 0 Å². The first-order valence-electron chi connectivity index (χ1n) is 10.9. The van der Waals surface area contributed by atoms with Crippen molar-refractivity contribution in [3.8, 4) is 11.5 Å². The Morgan fingerprint density at radius 1 is 0.972 bits per heavy atom. The zero-order valence-corrected chi connectivity index (χ0v) is 21.3. The predicted molar refractivity (Wildman–Crippen MR) is 137 cm³/mol. The molecule has 36 heavy (non-hydrogen) atoms. The molecule has 1 N–H and O–H groups in total. The Morgan fingerprint density at radius 2 is 1.75 bits per heavy atom. The minimum absolute atomic E-state index is 0.0272. The van der Waals surface area contributed by atoms with Crippen LogP contribution in [0.4, 0.5) is 9.18 Å². The lowest BCUT2D eigenvalue weighted by Crippen LogP contribution is -2.30. The molecular weight excluding hydrogens is 530 g/mol. The van der Waals surface area contributed by atoms with Gasteiger partial charge in [-0.2, -0.15) is 0 Å². The van der Waals surface area contributed by atoms with Crippen molar-refractivity contribution in [1.29, 1.82) is 0 Å². The first-order chi connectivity index (χ1) is 17.3. The number of nitrogens with zero attached hydrogens (tertiary/aromatic N) is 1. The van der Waals surface area contributed by atoms with E-state index in [4.69, 9.17) is 44.3 Å². The van der Waals surface area contributed by atoms with Gasteiger partial charge in [-0.05, 0) is 54.5 Å². The number of halogens is 4. The van der Waals surface area contributed by atoms with E-state index in [2.05, 4.69) is 5.32 Å². The molecule has 3 aromatic rings. The largest absolute Gasteiger partial charge is 0.490 e. The van der Waals surface area contributed by atoms with E-state index in [1.807, 2.05) is 6.92 Å². The number of ether oxygens (including phenoxy) is 2. The van der Waals surface area contributed by atoms with Crippen molar-refractivity contribution >= 4 is 52.8 Å². The van der Waals surface area contributed by atoms with Crippen molar-refractivity contribution in [3.05, 3.63) is 97.9 Å². The standard InChI is InChI=1S/C26H20Cl3FN2O4/c1-2-35-23-12-16(10-20(29)24(23)36-14-15-7-8-18(27)19(28)9-15)11-22-25(33)32(26(34)31-22)13-17-5-3-4-6-21(17)30/h3-12H,2,13-14H2,1H3,(H,31,34)/b22-11+. The lowest BCUT2D eigenvalue weighted by Gasteiger charge is -2.15. The van der Waals surface area contributed by atoms with Gasteiger partial charge in [0.2, 0.25) is 0 Å². The molecule has 1 saturated heterocycles. The molecule has 0 saturated carbocycles. The first-order valence-corrected chi connectivity index (χ1v) is 12.0. The molecule has 0 aliphatic carbocycles. The second-order valence-corrected chi connectivity index (χ2v) is 8.99. The average molecular weight is 550 g/mol. The van der Waals surface area contributed by atoms with Crippen LogP contribution in [0.1, 0.15) is 23.6 Å². The molecule has 0 bridgehead atoms. The summed E-state index contributed by atoms with van der Waals surface area (Å²) in [5, 5.41) is 3.61. The molecule has 4 rings (SSSR count). The molecule has 0 spiro atoms. The molecule has 0 radical (unpaired) electrons. The number of carbonyl (C=O) groups excluding carboxylic acids is 2. The van der Waals surface area contributed by atoms with Crippen LogP contribution in [0.15, 0.2) is 60.3 Å². The maximum Gasteiger partial charge on any atom is 0.329 e. The molecule has 0 atom stereocenters. The Bertz CT molecular complexity index is 1360. The van der Waals surface area contributed by atoms with Gasteiger partial charge in [0, 0.05) is 5.56 Å².